The Morgan fingerprint density at radius 1 is 1.13 bits per heavy atom. The zero-order chi connectivity index (χ0) is 21.6. The molecule has 31 heavy (non-hydrogen) atoms. The molecule has 8 nitrogen and oxygen atoms in total. The van der Waals surface area contributed by atoms with Gasteiger partial charge in [0.2, 0.25) is 11.0 Å². The van der Waals surface area contributed by atoms with Gasteiger partial charge in [0.15, 0.2) is 0 Å². The lowest BCUT2D eigenvalue weighted by Crippen LogP contribution is -2.32. The number of fused-ring (bicyclic) bond motifs is 2. The Bertz CT molecular complexity index is 1380. The van der Waals surface area contributed by atoms with Crippen LogP contribution in [-0.4, -0.2) is 33.1 Å². The topological polar surface area (TPSA) is 97.2 Å². The third-order valence-corrected chi connectivity index (χ3v) is 7.56. The molecule has 0 spiro atoms. The van der Waals surface area contributed by atoms with E-state index in [2.05, 4.69) is 14.1 Å². The summed E-state index contributed by atoms with van der Waals surface area (Å²) in [5.74, 6) is -0.00561. The summed E-state index contributed by atoms with van der Waals surface area (Å²) in [6.07, 6.45) is 3.23. The summed E-state index contributed by atoms with van der Waals surface area (Å²) < 4.78 is 33.5. The highest BCUT2D eigenvalue weighted by Gasteiger charge is 2.29. The van der Waals surface area contributed by atoms with Crippen LogP contribution in [0.4, 0.5) is 5.13 Å². The molecule has 158 valence electrons. The molecule has 0 radical (unpaired) electrons. The molecule has 0 bridgehead atoms. The first kappa shape index (κ1) is 19.7. The predicted molar refractivity (Wildman–Crippen MR) is 118 cm³/mol. The second-order valence-electron chi connectivity index (χ2n) is 7.43. The molecule has 1 aliphatic heterocycles. The summed E-state index contributed by atoms with van der Waals surface area (Å²) in [4.78, 5) is 19.0. The fraction of sp³-hybridized carbons (Fsp3) is 0.190. The Balaban J connectivity index is 1.36. The van der Waals surface area contributed by atoms with Crippen LogP contribution in [-0.2, 0) is 27.9 Å². The van der Waals surface area contributed by atoms with E-state index in [4.69, 9.17) is 0 Å². The number of benzene rings is 2. The molecule has 0 saturated carbocycles. The average Bonchev–Trinajstić information content (AvgIpc) is 3.50. The smallest absolute Gasteiger partial charge is 0.263 e. The van der Waals surface area contributed by atoms with Crippen molar-refractivity contribution < 1.29 is 13.2 Å². The van der Waals surface area contributed by atoms with Crippen LogP contribution in [0.2, 0.25) is 0 Å². The SMILES string of the molecule is C[C@@H](C(=O)N1Cc2ccc(S(=O)(=O)Nc3ncns3)cc2C1)n1ccc2ccccc21. The Hall–Kier alpha value is -3.24. The molecule has 5 rings (SSSR count). The molecule has 1 amide bonds. The molecule has 1 atom stereocenters. The molecule has 0 unspecified atom stereocenters. The van der Waals surface area contributed by atoms with Crippen molar-refractivity contribution in [3.05, 3.63) is 72.2 Å². The second kappa shape index (κ2) is 7.47. The van der Waals surface area contributed by atoms with Crippen LogP contribution < -0.4 is 4.72 Å². The first-order valence-electron chi connectivity index (χ1n) is 9.68. The zero-order valence-corrected chi connectivity index (χ0v) is 18.2. The number of hydrogen-bond acceptors (Lipinski definition) is 6. The van der Waals surface area contributed by atoms with E-state index in [0.29, 0.717) is 13.1 Å². The number of sulfonamides is 1. The van der Waals surface area contributed by atoms with Crippen LogP contribution in [0.3, 0.4) is 0 Å². The van der Waals surface area contributed by atoms with Crippen LogP contribution in [0.15, 0.2) is 66.0 Å². The van der Waals surface area contributed by atoms with Gasteiger partial charge < -0.3 is 9.47 Å². The van der Waals surface area contributed by atoms with Gasteiger partial charge in [-0.2, -0.15) is 4.37 Å². The molecular weight excluding hydrogens is 434 g/mol. The van der Waals surface area contributed by atoms with E-state index >= 15 is 0 Å². The predicted octanol–water partition coefficient (Wildman–Crippen LogP) is 3.40. The highest BCUT2D eigenvalue weighted by Crippen LogP contribution is 2.29. The number of rotatable bonds is 5. The normalized spacial score (nSPS) is 14.5. The van der Waals surface area contributed by atoms with Gasteiger partial charge in [-0.15, -0.1) is 0 Å². The lowest BCUT2D eigenvalue weighted by Gasteiger charge is -2.22. The maximum atomic E-state index is 13.2. The van der Waals surface area contributed by atoms with Crippen molar-refractivity contribution >= 4 is 43.5 Å². The number of para-hydroxylation sites is 1. The summed E-state index contributed by atoms with van der Waals surface area (Å²) in [6, 6.07) is 14.5. The molecule has 2 aromatic heterocycles. The third kappa shape index (κ3) is 3.57. The minimum Gasteiger partial charge on any atom is -0.335 e. The van der Waals surface area contributed by atoms with Crippen molar-refractivity contribution in [3.63, 3.8) is 0 Å². The maximum absolute atomic E-state index is 13.2. The van der Waals surface area contributed by atoms with Crippen molar-refractivity contribution in [1.29, 1.82) is 0 Å². The van der Waals surface area contributed by atoms with Crippen molar-refractivity contribution in [2.45, 2.75) is 31.0 Å². The Labute approximate surface area is 183 Å². The van der Waals surface area contributed by atoms with Gasteiger partial charge in [0, 0.05) is 36.3 Å². The standard InChI is InChI=1S/C21H19N5O3S2/c1-14(26-9-8-15-4-2-3-5-19(15)26)20(27)25-11-16-6-7-18(10-17(16)12-25)31(28,29)24-21-22-13-23-30-21/h2-10,13-14H,11-12H2,1H3,(H,22,23,24)/t14-/m0/s1. The third-order valence-electron chi connectivity index (χ3n) is 5.51. The van der Waals surface area contributed by atoms with Gasteiger partial charge in [-0.25, -0.2) is 13.4 Å². The van der Waals surface area contributed by atoms with Gasteiger partial charge in [-0.3, -0.25) is 9.52 Å². The second-order valence-corrected chi connectivity index (χ2v) is 9.90. The highest BCUT2D eigenvalue weighted by atomic mass is 32.2. The molecule has 3 heterocycles. The molecule has 1 N–H and O–H groups in total. The van der Waals surface area contributed by atoms with Gasteiger partial charge in [-0.1, -0.05) is 24.3 Å². The first-order chi connectivity index (χ1) is 14.9. The molecule has 0 saturated heterocycles. The van der Waals surface area contributed by atoms with E-state index in [0.717, 1.165) is 33.6 Å². The minimum absolute atomic E-state index is 0.00561. The fourth-order valence-electron chi connectivity index (χ4n) is 3.91. The molecular formula is C21H19N5O3S2. The Morgan fingerprint density at radius 3 is 2.74 bits per heavy atom. The number of hydrogen-bond donors (Lipinski definition) is 1. The monoisotopic (exact) mass is 453 g/mol. The van der Waals surface area contributed by atoms with Crippen molar-refractivity contribution in [2.24, 2.45) is 0 Å². The van der Waals surface area contributed by atoms with Gasteiger partial charge in [0.25, 0.3) is 10.0 Å². The van der Waals surface area contributed by atoms with Crippen LogP contribution in [0.5, 0.6) is 0 Å². The summed E-state index contributed by atoms with van der Waals surface area (Å²) in [5, 5.41) is 1.30. The highest BCUT2D eigenvalue weighted by molar-refractivity contribution is 7.93. The number of carbonyl (C=O) groups excluding carboxylic acids is 1. The number of carbonyl (C=O) groups is 1. The quantitative estimate of drug-likeness (QED) is 0.500. The van der Waals surface area contributed by atoms with Crippen molar-refractivity contribution in [1.82, 2.24) is 18.8 Å². The average molecular weight is 454 g/mol. The fourth-order valence-corrected chi connectivity index (χ4v) is 5.62. The minimum atomic E-state index is -3.77. The van der Waals surface area contributed by atoms with E-state index in [-0.39, 0.29) is 22.0 Å². The number of aromatic nitrogens is 3. The molecule has 0 fully saturated rings. The van der Waals surface area contributed by atoms with E-state index in [1.165, 1.54) is 6.33 Å². The first-order valence-corrected chi connectivity index (χ1v) is 11.9. The number of anilines is 1. The van der Waals surface area contributed by atoms with E-state index < -0.39 is 10.0 Å². The summed E-state index contributed by atoms with van der Waals surface area (Å²) >= 11 is 0.970. The summed E-state index contributed by atoms with van der Waals surface area (Å²) in [7, 11) is -3.77. The molecule has 1 aliphatic rings. The van der Waals surface area contributed by atoms with Gasteiger partial charge in [0.1, 0.15) is 12.4 Å². The van der Waals surface area contributed by atoms with Crippen molar-refractivity contribution in [3.8, 4) is 0 Å². The Kier molecular flexibility index (Phi) is 4.75. The number of amides is 1. The zero-order valence-electron chi connectivity index (χ0n) is 16.6. The molecule has 4 aromatic rings. The Morgan fingerprint density at radius 2 is 1.94 bits per heavy atom. The van der Waals surface area contributed by atoms with E-state index in [1.54, 1.807) is 23.1 Å². The molecule has 10 heteroatoms. The van der Waals surface area contributed by atoms with Crippen LogP contribution >= 0.6 is 11.5 Å². The van der Waals surface area contributed by atoms with Crippen LogP contribution in [0.25, 0.3) is 10.9 Å². The van der Waals surface area contributed by atoms with Crippen molar-refractivity contribution in [2.75, 3.05) is 4.72 Å². The lowest BCUT2D eigenvalue weighted by atomic mass is 10.1. The lowest BCUT2D eigenvalue weighted by molar-refractivity contribution is -0.134. The molecule has 0 aliphatic carbocycles. The van der Waals surface area contributed by atoms with Crippen LogP contribution in [0.1, 0.15) is 24.1 Å². The maximum Gasteiger partial charge on any atom is 0.263 e. The summed E-state index contributed by atoms with van der Waals surface area (Å²) in [5.41, 5.74) is 2.79. The summed E-state index contributed by atoms with van der Waals surface area (Å²) in [6.45, 7) is 2.72. The largest absolute Gasteiger partial charge is 0.335 e. The van der Waals surface area contributed by atoms with E-state index in [9.17, 15) is 13.2 Å². The number of nitrogens with one attached hydrogen (secondary N) is 1. The van der Waals surface area contributed by atoms with Gasteiger partial charge >= 0.3 is 0 Å². The van der Waals surface area contributed by atoms with Crippen LogP contribution in [0, 0.1) is 0 Å². The van der Waals surface area contributed by atoms with E-state index in [1.807, 2.05) is 48.0 Å². The van der Waals surface area contributed by atoms with Gasteiger partial charge in [-0.05, 0) is 47.7 Å². The number of nitrogens with zero attached hydrogens (tertiary/aromatic N) is 4. The molecule has 2 aromatic carbocycles. The van der Waals surface area contributed by atoms with Gasteiger partial charge in [0.05, 0.1) is 4.90 Å².